The summed E-state index contributed by atoms with van der Waals surface area (Å²) in [5.41, 5.74) is 0.242. The Bertz CT molecular complexity index is 406. The van der Waals surface area contributed by atoms with E-state index in [-0.39, 0.29) is 11.3 Å². The molecule has 2 rings (SSSR count). The first-order valence-corrected chi connectivity index (χ1v) is 9.10. The summed E-state index contributed by atoms with van der Waals surface area (Å²) in [5.74, 6) is 0.290. The Balaban J connectivity index is 2.02. The van der Waals surface area contributed by atoms with Gasteiger partial charge in [0.1, 0.15) is 0 Å². The van der Waals surface area contributed by atoms with Crippen molar-refractivity contribution in [3.05, 3.63) is 0 Å². The van der Waals surface area contributed by atoms with Crippen LogP contribution in [-0.4, -0.2) is 55.5 Å². The van der Waals surface area contributed by atoms with Crippen molar-refractivity contribution in [3.63, 3.8) is 0 Å². The fourth-order valence-electron chi connectivity index (χ4n) is 3.30. The number of nitrogens with zero attached hydrogens (tertiary/aromatic N) is 1. The number of hydrogen-bond acceptors (Lipinski definition) is 4. The molecule has 0 unspecified atom stereocenters. The van der Waals surface area contributed by atoms with E-state index in [4.69, 9.17) is 0 Å². The zero-order valence-electron chi connectivity index (χ0n) is 12.5. The van der Waals surface area contributed by atoms with Crippen molar-refractivity contribution in [2.45, 2.75) is 56.7 Å². The lowest BCUT2D eigenvalue weighted by atomic mass is 9.93. The Morgan fingerprint density at radius 3 is 2.42 bits per heavy atom. The van der Waals surface area contributed by atoms with E-state index in [1.54, 1.807) is 20.8 Å². The molecular weight excluding hydrogens is 260 g/mol. The monoisotopic (exact) mass is 288 g/mol. The standard InChI is InChI=1S/C14H28N2O2S/c1-13(2,3)19(17,18)11-10-16-9-8-15-12-14(16)6-4-5-7-14/h15H,4-12H2,1-3H3. The molecule has 1 aliphatic heterocycles. The summed E-state index contributed by atoms with van der Waals surface area (Å²) in [6.45, 7) is 9.09. The Hall–Kier alpha value is -0.130. The zero-order chi connectivity index (χ0) is 14.1. The summed E-state index contributed by atoms with van der Waals surface area (Å²) in [7, 11) is -3.01. The molecule has 0 radical (unpaired) electrons. The zero-order valence-corrected chi connectivity index (χ0v) is 13.4. The molecule has 1 saturated carbocycles. The summed E-state index contributed by atoms with van der Waals surface area (Å²) < 4.78 is 23.9. The average Bonchev–Trinajstić information content (AvgIpc) is 2.76. The number of nitrogens with one attached hydrogen (secondary N) is 1. The van der Waals surface area contributed by atoms with Crippen LogP contribution in [0.25, 0.3) is 0 Å². The molecule has 0 aromatic rings. The second-order valence-electron chi connectivity index (χ2n) is 7.03. The number of sulfone groups is 1. The van der Waals surface area contributed by atoms with Crippen molar-refractivity contribution in [1.82, 2.24) is 10.2 Å². The Morgan fingerprint density at radius 2 is 1.84 bits per heavy atom. The Labute approximate surface area is 117 Å². The van der Waals surface area contributed by atoms with Gasteiger partial charge in [-0.25, -0.2) is 8.42 Å². The topological polar surface area (TPSA) is 49.4 Å². The van der Waals surface area contributed by atoms with Gasteiger partial charge in [0.15, 0.2) is 9.84 Å². The van der Waals surface area contributed by atoms with Gasteiger partial charge in [-0.3, -0.25) is 4.90 Å². The number of piperazine rings is 1. The molecule has 19 heavy (non-hydrogen) atoms. The van der Waals surface area contributed by atoms with Gasteiger partial charge < -0.3 is 5.32 Å². The highest BCUT2D eigenvalue weighted by molar-refractivity contribution is 7.92. The van der Waals surface area contributed by atoms with Crippen LogP contribution in [-0.2, 0) is 9.84 Å². The van der Waals surface area contributed by atoms with E-state index in [2.05, 4.69) is 10.2 Å². The van der Waals surface area contributed by atoms with Gasteiger partial charge in [-0.05, 0) is 33.6 Å². The van der Waals surface area contributed by atoms with E-state index < -0.39 is 14.6 Å². The van der Waals surface area contributed by atoms with Crippen molar-refractivity contribution in [2.75, 3.05) is 31.9 Å². The van der Waals surface area contributed by atoms with Crippen LogP contribution in [0.3, 0.4) is 0 Å². The molecule has 0 aromatic carbocycles. The van der Waals surface area contributed by atoms with Crippen LogP contribution in [0.1, 0.15) is 46.5 Å². The first kappa shape index (κ1) is 15.3. The minimum absolute atomic E-state index is 0.242. The van der Waals surface area contributed by atoms with Crippen LogP contribution >= 0.6 is 0 Å². The van der Waals surface area contributed by atoms with Crippen LogP contribution in [0.5, 0.6) is 0 Å². The highest BCUT2D eigenvalue weighted by Gasteiger charge is 2.41. The van der Waals surface area contributed by atoms with E-state index in [1.165, 1.54) is 25.7 Å². The first-order valence-electron chi connectivity index (χ1n) is 7.45. The predicted molar refractivity (Wildman–Crippen MR) is 79.2 cm³/mol. The highest BCUT2D eigenvalue weighted by atomic mass is 32.2. The van der Waals surface area contributed by atoms with E-state index >= 15 is 0 Å². The maximum atomic E-state index is 12.3. The highest BCUT2D eigenvalue weighted by Crippen LogP contribution is 2.36. The molecule has 1 aliphatic carbocycles. The van der Waals surface area contributed by atoms with Crippen molar-refractivity contribution in [1.29, 1.82) is 0 Å². The van der Waals surface area contributed by atoms with Crippen molar-refractivity contribution >= 4 is 9.84 Å². The molecule has 1 spiro atoms. The molecule has 1 saturated heterocycles. The SMILES string of the molecule is CC(C)(C)S(=O)(=O)CCN1CCNCC12CCCC2. The molecule has 4 nitrogen and oxygen atoms in total. The van der Waals surface area contributed by atoms with Gasteiger partial charge in [-0.2, -0.15) is 0 Å². The van der Waals surface area contributed by atoms with Gasteiger partial charge in [-0.15, -0.1) is 0 Å². The molecule has 2 aliphatic rings. The first-order chi connectivity index (χ1) is 8.77. The average molecular weight is 288 g/mol. The molecule has 0 aromatic heterocycles. The second-order valence-corrected chi connectivity index (χ2v) is 9.89. The maximum Gasteiger partial charge on any atom is 0.156 e. The third-order valence-corrected chi connectivity index (χ3v) is 7.37. The quantitative estimate of drug-likeness (QED) is 0.853. The summed E-state index contributed by atoms with van der Waals surface area (Å²) in [4.78, 5) is 2.44. The normalized spacial score (nSPS) is 25.0. The van der Waals surface area contributed by atoms with Crippen LogP contribution in [0, 0.1) is 0 Å². The lowest BCUT2D eigenvalue weighted by Gasteiger charge is -2.45. The van der Waals surface area contributed by atoms with Gasteiger partial charge in [-0.1, -0.05) is 12.8 Å². The number of hydrogen-bond donors (Lipinski definition) is 1. The summed E-state index contributed by atoms with van der Waals surface area (Å²) in [5, 5.41) is 3.48. The van der Waals surface area contributed by atoms with E-state index in [9.17, 15) is 8.42 Å². The molecule has 1 N–H and O–H groups in total. The lowest BCUT2D eigenvalue weighted by Crippen LogP contribution is -2.60. The molecule has 112 valence electrons. The summed E-state index contributed by atoms with van der Waals surface area (Å²) in [6, 6.07) is 0. The van der Waals surface area contributed by atoms with Gasteiger partial charge in [0.25, 0.3) is 0 Å². The Kier molecular flexibility index (Phi) is 4.29. The van der Waals surface area contributed by atoms with Crippen LogP contribution in [0.15, 0.2) is 0 Å². The molecule has 0 amide bonds. The molecule has 0 atom stereocenters. The minimum atomic E-state index is -3.01. The molecule has 0 bridgehead atoms. The van der Waals surface area contributed by atoms with Crippen LogP contribution < -0.4 is 5.32 Å². The lowest BCUT2D eigenvalue weighted by molar-refractivity contribution is 0.0714. The maximum absolute atomic E-state index is 12.3. The molecular formula is C14H28N2O2S. The van der Waals surface area contributed by atoms with E-state index in [0.29, 0.717) is 6.54 Å². The predicted octanol–water partition coefficient (Wildman–Crippen LogP) is 1.42. The van der Waals surface area contributed by atoms with Crippen molar-refractivity contribution in [3.8, 4) is 0 Å². The third-order valence-electron chi connectivity index (χ3n) is 4.78. The third kappa shape index (κ3) is 3.14. The van der Waals surface area contributed by atoms with Gasteiger partial charge in [0.05, 0.1) is 10.5 Å². The summed E-state index contributed by atoms with van der Waals surface area (Å²) >= 11 is 0. The fraction of sp³-hybridized carbons (Fsp3) is 1.00. The molecule has 1 heterocycles. The molecule has 2 fully saturated rings. The van der Waals surface area contributed by atoms with Crippen molar-refractivity contribution < 1.29 is 8.42 Å². The van der Waals surface area contributed by atoms with Gasteiger partial charge in [0.2, 0.25) is 0 Å². The van der Waals surface area contributed by atoms with Crippen LogP contribution in [0.2, 0.25) is 0 Å². The minimum Gasteiger partial charge on any atom is -0.314 e. The largest absolute Gasteiger partial charge is 0.314 e. The fourth-order valence-corrected chi connectivity index (χ4v) is 4.37. The smallest absolute Gasteiger partial charge is 0.156 e. The summed E-state index contributed by atoms with van der Waals surface area (Å²) in [6.07, 6.45) is 5.00. The van der Waals surface area contributed by atoms with Gasteiger partial charge in [0, 0.05) is 31.7 Å². The van der Waals surface area contributed by atoms with E-state index in [0.717, 1.165) is 19.6 Å². The second kappa shape index (κ2) is 5.34. The number of rotatable bonds is 3. The van der Waals surface area contributed by atoms with E-state index in [1.807, 2.05) is 0 Å². The van der Waals surface area contributed by atoms with Crippen molar-refractivity contribution in [2.24, 2.45) is 0 Å². The Morgan fingerprint density at radius 1 is 1.21 bits per heavy atom. The van der Waals surface area contributed by atoms with Gasteiger partial charge >= 0.3 is 0 Å². The van der Waals surface area contributed by atoms with Crippen LogP contribution in [0.4, 0.5) is 0 Å². The molecule has 5 heteroatoms.